The summed E-state index contributed by atoms with van der Waals surface area (Å²) in [6, 6.07) is 20.9. The standard InChI is InChI=1S/C28H32ClN3O4S/c1-20-13-14-25(21(2)15-20)32(37(4,35)36)19-27(33)31(18-23-11-8-12-24(29)16-23)26(28(34)30-3)17-22-9-6-5-7-10-22/h5-16,26H,17-19H2,1-4H3,(H,30,34)/t26-/m0/s1. The number of sulfonamides is 1. The van der Waals surface area contributed by atoms with Gasteiger partial charge in [0, 0.05) is 25.0 Å². The smallest absolute Gasteiger partial charge is 0.244 e. The van der Waals surface area contributed by atoms with Crippen LogP contribution in [-0.4, -0.2) is 51.0 Å². The molecule has 3 rings (SSSR count). The number of likely N-dealkylation sites (N-methyl/N-ethyl adjacent to an activating group) is 1. The molecule has 196 valence electrons. The van der Waals surface area contributed by atoms with Gasteiger partial charge in [-0.25, -0.2) is 8.42 Å². The maximum absolute atomic E-state index is 13.9. The van der Waals surface area contributed by atoms with Gasteiger partial charge in [-0.15, -0.1) is 0 Å². The van der Waals surface area contributed by atoms with Crippen molar-refractivity contribution in [3.05, 3.63) is 100 Å². The Morgan fingerprint density at radius 3 is 2.22 bits per heavy atom. The molecule has 3 aromatic carbocycles. The van der Waals surface area contributed by atoms with E-state index in [0.29, 0.717) is 10.7 Å². The number of rotatable bonds is 10. The second-order valence-electron chi connectivity index (χ2n) is 9.03. The number of hydrogen-bond acceptors (Lipinski definition) is 4. The highest BCUT2D eigenvalue weighted by molar-refractivity contribution is 7.92. The van der Waals surface area contributed by atoms with E-state index >= 15 is 0 Å². The van der Waals surface area contributed by atoms with E-state index in [1.54, 1.807) is 37.3 Å². The van der Waals surface area contributed by atoms with Crippen LogP contribution >= 0.6 is 11.6 Å². The monoisotopic (exact) mass is 541 g/mol. The van der Waals surface area contributed by atoms with Crippen LogP contribution in [0.25, 0.3) is 0 Å². The van der Waals surface area contributed by atoms with Gasteiger partial charge in [0.2, 0.25) is 21.8 Å². The predicted octanol–water partition coefficient (Wildman–Crippen LogP) is 4.11. The fourth-order valence-corrected chi connectivity index (χ4v) is 5.35. The lowest BCUT2D eigenvalue weighted by Crippen LogP contribution is -2.53. The second kappa shape index (κ2) is 12.3. The maximum Gasteiger partial charge on any atom is 0.244 e. The molecule has 1 atom stereocenters. The molecule has 0 aliphatic rings. The van der Waals surface area contributed by atoms with Crippen LogP contribution in [0.4, 0.5) is 5.69 Å². The Bertz CT molecular complexity index is 1360. The van der Waals surface area contributed by atoms with Gasteiger partial charge in [0.05, 0.1) is 11.9 Å². The summed E-state index contributed by atoms with van der Waals surface area (Å²) in [5.74, 6) is -0.855. The average Bonchev–Trinajstić information content (AvgIpc) is 2.84. The zero-order chi connectivity index (χ0) is 27.2. The third kappa shape index (κ3) is 7.57. The number of aryl methyl sites for hydroxylation is 2. The fraction of sp³-hybridized carbons (Fsp3) is 0.286. The summed E-state index contributed by atoms with van der Waals surface area (Å²) in [6.45, 7) is 3.34. The maximum atomic E-state index is 13.9. The number of nitrogens with zero attached hydrogens (tertiary/aromatic N) is 2. The van der Waals surface area contributed by atoms with Gasteiger partial charge in [0.15, 0.2) is 0 Å². The summed E-state index contributed by atoms with van der Waals surface area (Å²) >= 11 is 6.19. The van der Waals surface area contributed by atoms with Gasteiger partial charge < -0.3 is 10.2 Å². The summed E-state index contributed by atoms with van der Waals surface area (Å²) in [6.07, 6.45) is 1.33. The molecule has 0 aliphatic heterocycles. The number of carbonyl (C=O) groups excluding carboxylic acids is 2. The van der Waals surface area contributed by atoms with Crippen molar-refractivity contribution in [1.29, 1.82) is 0 Å². The number of halogens is 1. The molecule has 0 bridgehead atoms. The second-order valence-corrected chi connectivity index (χ2v) is 11.4. The van der Waals surface area contributed by atoms with Gasteiger partial charge in [-0.3, -0.25) is 13.9 Å². The van der Waals surface area contributed by atoms with E-state index in [-0.39, 0.29) is 18.9 Å². The minimum atomic E-state index is -3.81. The highest BCUT2D eigenvalue weighted by Crippen LogP contribution is 2.25. The van der Waals surface area contributed by atoms with Gasteiger partial charge in [-0.1, -0.05) is 71.8 Å². The van der Waals surface area contributed by atoms with Gasteiger partial charge in [-0.05, 0) is 48.7 Å². The molecule has 0 radical (unpaired) electrons. The minimum Gasteiger partial charge on any atom is -0.357 e. The average molecular weight is 542 g/mol. The molecule has 0 saturated carbocycles. The Hall–Kier alpha value is -3.36. The van der Waals surface area contributed by atoms with Crippen LogP contribution in [0.2, 0.25) is 5.02 Å². The molecule has 0 saturated heterocycles. The third-order valence-electron chi connectivity index (χ3n) is 6.06. The molecule has 3 aromatic rings. The van der Waals surface area contributed by atoms with Crippen LogP contribution in [0.3, 0.4) is 0 Å². The lowest BCUT2D eigenvalue weighted by molar-refractivity contribution is -0.139. The summed E-state index contributed by atoms with van der Waals surface area (Å²) in [5, 5.41) is 3.16. The summed E-state index contributed by atoms with van der Waals surface area (Å²) in [7, 11) is -2.29. The van der Waals surface area contributed by atoms with E-state index in [4.69, 9.17) is 11.6 Å². The molecule has 1 N–H and O–H groups in total. The van der Waals surface area contributed by atoms with Crippen molar-refractivity contribution in [2.75, 3.05) is 24.2 Å². The lowest BCUT2D eigenvalue weighted by Gasteiger charge is -2.33. The third-order valence-corrected chi connectivity index (χ3v) is 7.42. The van der Waals surface area contributed by atoms with E-state index in [2.05, 4.69) is 5.32 Å². The number of carbonyl (C=O) groups is 2. The predicted molar refractivity (Wildman–Crippen MR) is 148 cm³/mol. The van der Waals surface area contributed by atoms with E-state index in [0.717, 1.165) is 32.8 Å². The van der Waals surface area contributed by atoms with E-state index in [1.165, 1.54) is 11.9 Å². The molecule has 0 aromatic heterocycles. The van der Waals surface area contributed by atoms with Crippen LogP contribution in [0, 0.1) is 13.8 Å². The summed E-state index contributed by atoms with van der Waals surface area (Å²) in [5.41, 5.74) is 3.72. The van der Waals surface area contributed by atoms with Crippen molar-refractivity contribution in [1.82, 2.24) is 10.2 Å². The molecule has 0 aliphatic carbocycles. The number of anilines is 1. The van der Waals surface area contributed by atoms with E-state index in [9.17, 15) is 18.0 Å². The van der Waals surface area contributed by atoms with Gasteiger partial charge in [-0.2, -0.15) is 0 Å². The van der Waals surface area contributed by atoms with Crippen molar-refractivity contribution in [2.24, 2.45) is 0 Å². The number of amides is 2. The van der Waals surface area contributed by atoms with Gasteiger partial charge >= 0.3 is 0 Å². The minimum absolute atomic E-state index is 0.0782. The number of nitrogens with one attached hydrogen (secondary N) is 1. The van der Waals surface area contributed by atoms with Crippen molar-refractivity contribution in [2.45, 2.75) is 32.9 Å². The first kappa shape index (κ1) is 28.2. The number of hydrogen-bond donors (Lipinski definition) is 1. The lowest BCUT2D eigenvalue weighted by atomic mass is 10.0. The molecule has 9 heteroatoms. The Morgan fingerprint density at radius 1 is 0.946 bits per heavy atom. The molecule has 0 unspecified atom stereocenters. The molecule has 0 heterocycles. The first-order valence-electron chi connectivity index (χ1n) is 11.8. The quantitative estimate of drug-likeness (QED) is 0.418. The molecule has 2 amide bonds. The molecule has 0 fully saturated rings. The number of benzene rings is 3. The van der Waals surface area contributed by atoms with Crippen LogP contribution < -0.4 is 9.62 Å². The molecule has 7 nitrogen and oxygen atoms in total. The van der Waals surface area contributed by atoms with Crippen LogP contribution in [0.15, 0.2) is 72.8 Å². The Labute approximate surface area is 224 Å². The zero-order valence-electron chi connectivity index (χ0n) is 21.4. The first-order chi connectivity index (χ1) is 17.5. The topological polar surface area (TPSA) is 86.8 Å². The van der Waals surface area contributed by atoms with Gasteiger partial charge in [0.25, 0.3) is 0 Å². The molecular weight excluding hydrogens is 510 g/mol. The summed E-state index contributed by atoms with van der Waals surface area (Å²) in [4.78, 5) is 28.4. The normalized spacial score (nSPS) is 12.0. The zero-order valence-corrected chi connectivity index (χ0v) is 23.0. The Balaban J connectivity index is 2.05. The van der Waals surface area contributed by atoms with Crippen molar-refractivity contribution in [3.8, 4) is 0 Å². The van der Waals surface area contributed by atoms with Crippen molar-refractivity contribution in [3.63, 3.8) is 0 Å². The molecule has 37 heavy (non-hydrogen) atoms. The van der Waals surface area contributed by atoms with Crippen molar-refractivity contribution >= 4 is 39.1 Å². The van der Waals surface area contributed by atoms with Gasteiger partial charge in [0.1, 0.15) is 12.6 Å². The Morgan fingerprint density at radius 2 is 1.62 bits per heavy atom. The molecular formula is C28H32ClN3O4S. The largest absolute Gasteiger partial charge is 0.357 e. The van der Waals surface area contributed by atoms with Crippen LogP contribution in [0.1, 0.15) is 22.3 Å². The van der Waals surface area contributed by atoms with Crippen LogP contribution in [0.5, 0.6) is 0 Å². The van der Waals surface area contributed by atoms with Crippen molar-refractivity contribution < 1.29 is 18.0 Å². The highest BCUT2D eigenvalue weighted by Gasteiger charge is 2.33. The Kier molecular flexibility index (Phi) is 9.34. The van der Waals surface area contributed by atoms with E-state index < -0.39 is 28.5 Å². The SMILES string of the molecule is CNC(=O)[C@H](Cc1ccccc1)N(Cc1cccc(Cl)c1)C(=O)CN(c1ccc(C)cc1C)S(C)(=O)=O. The fourth-order valence-electron chi connectivity index (χ4n) is 4.23. The van der Waals surface area contributed by atoms with Crippen LogP contribution in [-0.2, 0) is 32.6 Å². The van der Waals surface area contributed by atoms with E-state index in [1.807, 2.05) is 49.4 Å². The molecule has 0 spiro atoms. The first-order valence-corrected chi connectivity index (χ1v) is 14.1. The summed E-state index contributed by atoms with van der Waals surface area (Å²) < 4.78 is 26.8. The highest BCUT2D eigenvalue weighted by atomic mass is 35.5.